The van der Waals surface area contributed by atoms with Crippen molar-refractivity contribution >= 4 is 34.0 Å². The van der Waals surface area contributed by atoms with Gasteiger partial charge in [-0.2, -0.15) is 0 Å². The van der Waals surface area contributed by atoms with Crippen LogP contribution in [0.2, 0.25) is 0 Å². The smallest absolute Gasteiger partial charge is 0.221 e. The van der Waals surface area contributed by atoms with E-state index in [1.54, 1.807) is 17.5 Å². The van der Waals surface area contributed by atoms with Crippen molar-refractivity contribution in [3.63, 3.8) is 0 Å². The first kappa shape index (κ1) is 20.4. The number of aromatic nitrogens is 2. The number of rotatable bonds is 6. The lowest BCUT2D eigenvalue weighted by molar-refractivity contribution is -0.114. The van der Waals surface area contributed by atoms with Crippen LogP contribution in [0, 0.1) is 23.7 Å². The monoisotopic (exact) mass is 435 g/mol. The molecule has 0 aliphatic heterocycles. The fourth-order valence-electron chi connectivity index (χ4n) is 5.69. The van der Waals surface area contributed by atoms with E-state index in [1.807, 2.05) is 17.5 Å². The molecule has 6 rings (SSSR count). The lowest BCUT2D eigenvalue weighted by Crippen LogP contribution is -2.19. The van der Waals surface area contributed by atoms with Gasteiger partial charge in [0.05, 0.1) is 5.56 Å². The minimum atomic E-state index is -0.103. The van der Waals surface area contributed by atoms with Crippen molar-refractivity contribution in [1.82, 2.24) is 9.97 Å². The van der Waals surface area contributed by atoms with Crippen LogP contribution in [0.4, 0.5) is 5.69 Å². The summed E-state index contributed by atoms with van der Waals surface area (Å²) in [7, 11) is 0. The van der Waals surface area contributed by atoms with Crippen molar-refractivity contribution in [1.29, 1.82) is 0 Å². The van der Waals surface area contributed by atoms with Gasteiger partial charge < -0.3 is 9.73 Å². The molecule has 1 amide bonds. The number of nitrogens with one attached hydrogen (secondary N) is 1. The van der Waals surface area contributed by atoms with Gasteiger partial charge in [0, 0.05) is 30.6 Å². The molecule has 162 valence electrons. The number of benzene rings is 1. The van der Waals surface area contributed by atoms with Gasteiger partial charge in [0.1, 0.15) is 10.5 Å². The van der Waals surface area contributed by atoms with Crippen LogP contribution in [0.5, 0.6) is 0 Å². The molecule has 3 saturated carbocycles. The molecule has 0 saturated heterocycles. The Morgan fingerprint density at radius 1 is 1.32 bits per heavy atom. The molecule has 1 N–H and O–H groups in total. The van der Waals surface area contributed by atoms with E-state index in [-0.39, 0.29) is 5.91 Å². The van der Waals surface area contributed by atoms with Crippen LogP contribution >= 0.6 is 11.3 Å². The summed E-state index contributed by atoms with van der Waals surface area (Å²) in [6.07, 6.45) is 12.7. The summed E-state index contributed by atoms with van der Waals surface area (Å²) in [5.41, 5.74) is 3.14. The summed E-state index contributed by atoms with van der Waals surface area (Å²) < 4.78 is 6.24. The molecule has 2 bridgehead atoms. The number of aryl methyl sites for hydroxylation is 1. The van der Waals surface area contributed by atoms with Gasteiger partial charge in [-0.15, -0.1) is 17.9 Å². The van der Waals surface area contributed by atoms with Gasteiger partial charge in [0.15, 0.2) is 11.5 Å². The van der Waals surface area contributed by atoms with Gasteiger partial charge in [-0.25, -0.2) is 9.97 Å². The zero-order chi connectivity index (χ0) is 21.4. The molecule has 31 heavy (non-hydrogen) atoms. The maximum absolute atomic E-state index is 11.6. The minimum Gasteiger partial charge on any atom is -0.440 e. The molecular formula is C25H29N3O2S. The second-order valence-corrected chi connectivity index (χ2v) is 10.1. The number of carbonyl (C=O) groups is 1. The van der Waals surface area contributed by atoms with E-state index in [1.165, 1.54) is 39.0 Å². The Morgan fingerprint density at radius 3 is 3.00 bits per heavy atom. The third-order valence-corrected chi connectivity index (χ3v) is 7.85. The summed E-state index contributed by atoms with van der Waals surface area (Å²) in [4.78, 5) is 20.8. The van der Waals surface area contributed by atoms with Crippen LogP contribution in [0.1, 0.15) is 51.3 Å². The standard InChI is InChI=1S/C25H29N3O2S/c1-3-18-11-16-4-6-19(18)12-17(10-16)5-7-23-28-22-14-20(27-15(2)29)13-21(24(22)30-23)25-26-8-9-31-25/h3,8-9,13-14,16-19H,1,4-7,10-12H2,2H3,(H,27,29). The second-order valence-electron chi connectivity index (χ2n) is 9.21. The van der Waals surface area contributed by atoms with E-state index >= 15 is 0 Å². The summed E-state index contributed by atoms with van der Waals surface area (Å²) in [6.45, 7) is 5.60. The lowest BCUT2D eigenvalue weighted by atomic mass is 9.76. The SMILES string of the molecule is C=CC1CC2CCC1CC(CCc1nc3cc(NC(C)=O)cc(-c4nccs4)c3o1)C2. The molecule has 4 atom stereocenters. The minimum absolute atomic E-state index is 0.103. The zero-order valence-corrected chi connectivity index (χ0v) is 18.8. The Morgan fingerprint density at radius 2 is 2.23 bits per heavy atom. The molecule has 5 nitrogen and oxygen atoms in total. The average Bonchev–Trinajstić information content (AvgIpc) is 3.34. The fourth-order valence-corrected chi connectivity index (χ4v) is 6.34. The highest BCUT2D eigenvalue weighted by atomic mass is 32.1. The molecule has 2 aromatic heterocycles. The summed E-state index contributed by atoms with van der Waals surface area (Å²) >= 11 is 1.56. The number of amides is 1. The number of carbonyl (C=O) groups excluding carboxylic acids is 1. The highest BCUT2D eigenvalue weighted by molar-refractivity contribution is 7.13. The third kappa shape index (κ3) is 4.31. The molecule has 3 aliphatic rings. The molecule has 6 heteroatoms. The number of fused-ring (bicyclic) bond motifs is 5. The largest absolute Gasteiger partial charge is 0.440 e. The first-order valence-corrected chi connectivity index (χ1v) is 12.2. The number of hydrogen-bond donors (Lipinski definition) is 1. The van der Waals surface area contributed by atoms with Crippen LogP contribution in [0.15, 0.2) is 40.8 Å². The number of allylic oxidation sites excluding steroid dienone is 1. The molecule has 0 spiro atoms. The van der Waals surface area contributed by atoms with Crippen LogP contribution < -0.4 is 5.32 Å². The first-order chi connectivity index (χ1) is 15.1. The van der Waals surface area contributed by atoms with Crippen LogP contribution in [0.3, 0.4) is 0 Å². The number of hydrogen-bond acceptors (Lipinski definition) is 5. The second kappa shape index (κ2) is 8.58. The quantitative estimate of drug-likeness (QED) is 0.451. The number of anilines is 1. The van der Waals surface area contributed by atoms with Crippen molar-refractivity contribution in [3.05, 3.63) is 42.3 Å². The van der Waals surface area contributed by atoms with Gasteiger partial charge in [0.25, 0.3) is 0 Å². The summed E-state index contributed by atoms with van der Waals surface area (Å²) in [5.74, 6) is 3.79. The van der Waals surface area contributed by atoms with Gasteiger partial charge in [-0.3, -0.25) is 4.79 Å². The van der Waals surface area contributed by atoms with Crippen LogP contribution in [0.25, 0.3) is 21.7 Å². The van der Waals surface area contributed by atoms with Gasteiger partial charge in [-0.05, 0) is 67.9 Å². The van der Waals surface area contributed by atoms with Crippen LogP contribution in [-0.2, 0) is 11.2 Å². The maximum atomic E-state index is 11.6. The molecule has 1 aromatic carbocycles. The predicted octanol–water partition coefficient (Wildman–Crippen LogP) is 6.47. The number of nitrogens with zero attached hydrogens (tertiary/aromatic N) is 2. The van der Waals surface area contributed by atoms with Crippen molar-refractivity contribution in [2.75, 3.05) is 5.32 Å². The first-order valence-electron chi connectivity index (χ1n) is 11.3. The van der Waals surface area contributed by atoms with Crippen molar-refractivity contribution < 1.29 is 9.21 Å². The zero-order valence-electron chi connectivity index (χ0n) is 18.0. The maximum Gasteiger partial charge on any atom is 0.221 e. The summed E-state index contributed by atoms with van der Waals surface area (Å²) in [5, 5.41) is 5.69. The Hall–Kier alpha value is -2.47. The average molecular weight is 436 g/mol. The van der Waals surface area contributed by atoms with Gasteiger partial charge in [-0.1, -0.05) is 12.5 Å². The van der Waals surface area contributed by atoms with E-state index in [0.29, 0.717) is 5.92 Å². The fraction of sp³-hybridized carbons (Fsp3) is 0.480. The van der Waals surface area contributed by atoms with Crippen molar-refractivity contribution in [3.8, 4) is 10.6 Å². The third-order valence-electron chi connectivity index (χ3n) is 7.05. The lowest BCUT2D eigenvalue weighted by Gasteiger charge is -2.30. The van der Waals surface area contributed by atoms with Gasteiger partial charge in [0.2, 0.25) is 5.91 Å². The topological polar surface area (TPSA) is 68.0 Å². The van der Waals surface area contributed by atoms with Gasteiger partial charge >= 0.3 is 0 Å². The Balaban J connectivity index is 1.38. The number of oxazole rings is 1. The van der Waals surface area contributed by atoms with E-state index in [4.69, 9.17) is 9.40 Å². The van der Waals surface area contributed by atoms with Crippen molar-refractivity contribution in [2.24, 2.45) is 23.7 Å². The van der Waals surface area contributed by atoms with E-state index in [2.05, 4.69) is 23.0 Å². The predicted molar refractivity (Wildman–Crippen MR) is 125 cm³/mol. The highest BCUT2D eigenvalue weighted by Gasteiger charge is 2.35. The Kier molecular flexibility index (Phi) is 5.65. The number of thiazole rings is 1. The molecular weight excluding hydrogens is 406 g/mol. The van der Waals surface area contributed by atoms with Crippen molar-refractivity contribution in [2.45, 2.75) is 51.9 Å². The summed E-state index contributed by atoms with van der Waals surface area (Å²) in [6, 6.07) is 3.82. The Labute approximate surface area is 187 Å². The molecule has 0 radical (unpaired) electrons. The molecule has 3 fully saturated rings. The van der Waals surface area contributed by atoms with Crippen LogP contribution in [-0.4, -0.2) is 15.9 Å². The molecule has 3 aliphatic carbocycles. The molecule has 3 aromatic rings. The highest BCUT2D eigenvalue weighted by Crippen LogP contribution is 2.46. The Bertz CT molecular complexity index is 1090. The van der Waals surface area contributed by atoms with E-state index in [0.717, 1.165) is 63.8 Å². The molecule has 2 heterocycles. The van der Waals surface area contributed by atoms with E-state index in [9.17, 15) is 4.79 Å². The van der Waals surface area contributed by atoms with E-state index < -0.39 is 0 Å². The molecule has 4 unspecified atom stereocenters. The normalized spacial score (nSPS) is 25.5.